The van der Waals surface area contributed by atoms with Gasteiger partial charge in [-0.1, -0.05) is 0 Å². The molecule has 0 radical (unpaired) electrons. The highest BCUT2D eigenvalue weighted by molar-refractivity contribution is 9.10. The molecule has 0 aliphatic rings. The molecule has 0 unspecified atom stereocenters. The Morgan fingerprint density at radius 2 is 2.00 bits per heavy atom. The first kappa shape index (κ1) is 12.9. The van der Waals surface area contributed by atoms with Crippen LogP contribution in [0.15, 0.2) is 22.7 Å². The van der Waals surface area contributed by atoms with Gasteiger partial charge in [-0.15, -0.1) is 13.2 Å². The largest absolute Gasteiger partial charge is 0.573 e. The molecule has 0 aliphatic heterocycles. The summed E-state index contributed by atoms with van der Waals surface area (Å²) in [5.41, 5.74) is 7.24. The first-order valence-corrected chi connectivity index (χ1v) is 5.68. The lowest BCUT2D eigenvalue weighted by atomic mass is 10.1. The molecule has 1 heterocycles. The van der Waals surface area contributed by atoms with Crippen LogP contribution in [0.3, 0.4) is 0 Å². The van der Waals surface area contributed by atoms with Gasteiger partial charge in [0.05, 0.1) is 21.4 Å². The number of benzene rings is 1. The fourth-order valence-electron chi connectivity index (χ4n) is 1.57. The van der Waals surface area contributed by atoms with Crippen LogP contribution in [0, 0.1) is 6.92 Å². The van der Waals surface area contributed by atoms with Crippen LogP contribution in [0.2, 0.25) is 0 Å². The maximum absolute atomic E-state index is 12.1. The third-order valence-corrected chi connectivity index (χ3v) is 3.34. The summed E-state index contributed by atoms with van der Waals surface area (Å²) >= 11 is 3.27. The Morgan fingerprint density at radius 3 is 2.61 bits per heavy atom. The highest BCUT2D eigenvalue weighted by Gasteiger charge is 2.31. The molecule has 18 heavy (non-hydrogen) atoms. The highest BCUT2D eigenvalue weighted by Crippen LogP contribution is 2.33. The molecule has 2 N–H and O–H groups in total. The number of nitrogens with zero attached hydrogens (tertiary/aromatic N) is 1. The Labute approximate surface area is 109 Å². The summed E-state index contributed by atoms with van der Waals surface area (Å²) in [7, 11) is 0. The minimum Gasteiger partial charge on any atom is -0.406 e. The molecule has 2 rings (SSSR count). The van der Waals surface area contributed by atoms with Crippen molar-refractivity contribution in [2.75, 3.05) is 5.73 Å². The van der Waals surface area contributed by atoms with Crippen LogP contribution in [0.1, 0.15) is 5.69 Å². The summed E-state index contributed by atoms with van der Waals surface area (Å²) in [5, 5.41) is 0.571. The molecular weight excluding hydrogens is 313 g/mol. The normalized spacial score (nSPS) is 11.8. The predicted molar refractivity (Wildman–Crippen MR) is 65.3 cm³/mol. The van der Waals surface area contributed by atoms with Gasteiger partial charge in [-0.25, -0.2) is 0 Å². The van der Waals surface area contributed by atoms with E-state index in [0.717, 1.165) is 0 Å². The Balaban J connectivity index is 2.56. The Morgan fingerprint density at radius 1 is 1.33 bits per heavy atom. The number of nitrogen functional groups attached to an aromatic ring is 1. The van der Waals surface area contributed by atoms with Gasteiger partial charge >= 0.3 is 6.36 Å². The molecular formula is C11H8BrF3N2O. The molecule has 0 aliphatic carbocycles. The van der Waals surface area contributed by atoms with Crippen molar-refractivity contribution < 1.29 is 17.9 Å². The zero-order valence-electron chi connectivity index (χ0n) is 9.18. The van der Waals surface area contributed by atoms with Crippen molar-refractivity contribution in [3.8, 4) is 5.75 Å². The van der Waals surface area contributed by atoms with Gasteiger partial charge in [0, 0.05) is 11.5 Å². The van der Waals surface area contributed by atoms with Gasteiger partial charge in [0.15, 0.2) is 0 Å². The number of ether oxygens (including phenoxy) is 1. The number of aryl methyl sites for hydroxylation is 1. The molecule has 0 amide bonds. The Hall–Kier alpha value is -1.50. The van der Waals surface area contributed by atoms with E-state index in [1.807, 2.05) is 0 Å². The van der Waals surface area contributed by atoms with E-state index in [4.69, 9.17) is 5.73 Å². The van der Waals surface area contributed by atoms with E-state index >= 15 is 0 Å². The topological polar surface area (TPSA) is 48.1 Å². The summed E-state index contributed by atoms with van der Waals surface area (Å²) in [6.07, 6.45) is -4.72. The molecule has 3 nitrogen and oxygen atoms in total. The van der Waals surface area contributed by atoms with Gasteiger partial charge in [-0.2, -0.15) is 0 Å². The first-order chi connectivity index (χ1) is 8.28. The van der Waals surface area contributed by atoms with Crippen LogP contribution in [0.4, 0.5) is 18.9 Å². The van der Waals surface area contributed by atoms with E-state index in [1.165, 1.54) is 18.2 Å². The van der Waals surface area contributed by atoms with Crippen molar-refractivity contribution >= 4 is 32.5 Å². The molecule has 2 aromatic rings. The molecule has 0 spiro atoms. The summed E-state index contributed by atoms with van der Waals surface area (Å²) in [6.45, 7) is 1.71. The van der Waals surface area contributed by atoms with E-state index < -0.39 is 6.36 Å². The van der Waals surface area contributed by atoms with Gasteiger partial charge < -0.3 is 10.5 Å². The fourth-order valence-corrected chi connectivity index (χ4v) is 1.87. The zero-order chi connectivity index (χ0) is 13.5. The molecule has 7 heteroatoms. The average Bonchev–Trinajstić information content (AvgIpc) is 2.23. The predicted octanol–water partition coefficient (Wildman–Crippen LogP) is 3.79. The number of hydrogen-bond donors (Lipinski definition) is 1. The molecule has 0 fully saturated rings. The number of nitrogens with two attached hydrogens (primary N) is 1. The van der Waals surface area contributed by atoms with Crippen LogP contribution in [0.25, 0.3) is 10.9 Å². The first-order valence-electron chi connectivity index (χ1n) is 4.89. The van der Waals surface area contributed by atoms with Crippen molar-refractivity contribution in [1.82, 2.24) is 4.98 Å². The standard InChI is InChI=1S/C11H8BrF3N2O/c1-5-9(12)10(16)7-3-2-6(4-8(7)17-5)18-11(13,14)15/h2-4H,1H3,(H2,16,17). The molecule has 1 aromatic carbocycles. The Kier molecular flexibility index (Phi) is 3.10. The maximum atomic E-state index is 12.1. The SMILES string of the molecule is Cc1nc2cc(OC(F)(F)F)ccc2c(N)c1Br. The van der Waals surface area contributed by atoms with Gasteiger partial charge in [0.2, 0.25) is 0 Å². The molecule has 1 aromatic heterocycles. The zero-order valence-corrected chi connectivity index (χ0v) is 10.8. The van der Waals surface area contributed by atoms with Crippen LogP contribution >= 0.6 is 15.9 Å². The average molecular weight is 321 g/mol. The number of pyridine rings is 1. The minimum absolute atomic E-state index is 0.316. The van der Waals surface area contributed by atoms with Crippen LogP contribution in [-0.4, -0.2) is 11.3 Å². The second-order valence-electron chi connectivity index (χ2n) is 3.65. The van der Waals surface area contributed by atoms with Crippen LogP contribution in [-0.2, 0) is 0 Å². The molecule has 0 bridgehead atoms. The third kappa shape index (κ3) is 2.50. The lowest BCUT2D eigenvalue weighted by molar-refractivity contribution is -0.274. The van der Waals surface area contributed by atoms with Gasteiger partial charge in [0.25, 0.3) is 0 Å². The van der Waals surface area contributed by atoms with Crippen LogP contribution in [0.5, 0.6) is 5.75 Å². The number of anilines is 1. The quantitative estimate of drug-likeness (QED) is 0.869. The molecule has 96 valence electrons. The lowest BCUT2D eigenvalue weighted by Crippen LogP contribution is -2.17. The fraction of sp³-hybridized carbons (Fsp3) is 0.182. The van der Waals surface area contributed by atoms with Gasteiger partial charge in [-0.05, 0) is 35.0 Å². The van der Waals surface area contributed by atoms with Crippen molar-refractivity contribution in [2.24, 2.45) is 0 Å². The molecule has 0 atom stereocenters. The van der Waals surface area contributed by atoms with E-state index in [1.54, 1.807) is 6.92 Å². The third-order valence-electron chi connectivity index (χ3n) is 2.34. The van der Waals surface area contributed by atoms with Crippen molar-refractivity contribution in [2.45, 2.75) is 13.3 Å². The van der Waals surface area contributed by atoms with E-state index in [9.17, 15) is 13.2 Å². The summed E-state index contributed by atoms with van der Waals surface area (Å²) < 4.78 is 40.7. The maximum Gasteiger partial charge on any atom is 0.573 e. The second-order valence-corrected chi connectivity index (χ2v) is 4.44. The minimum atomic E-state index is -4.72. The van der Waals surface area contributed by atoms with E-state index in [2.05, 4.69) is 25.7 Å². The molecule has 0 saturated heterocycles. The monoisotopic (exact) mass is 320 g/mol. The van der Waals surface area contributed by atoms with E-state index in [0.29, 0.717) is 26.8 Å². The number of aromatic nitrogens is 1. The van der Waals surface area contributed by atoms with Crippen molar-refractivity contribution in [3.63, 3.8) is 0 Å². The number of hydrogen-bond acceptors (Lipinski definition) is 3. The van der Waals surface area contributed by atoms with E-state index in [-0.39, 0.29) is 5.75 Å². The second kappa shape index (κ2) is 4.31. The summed E-state index contributed by atoms with van der Waals surface area (Å²) in [5.74, 6) is -0.316. The lowest BCUT2D eigenvalue weighted by Gasteiger charge is -2.11. The Bertz CT molecular complexity index is 613. The smallest absolute Gasteiger partial charge is 0.406 e. The van der Waals surface area contributed by atoms with Crippen LogP contribution < -0.4 is 10.5 Å². The number of fused-ring (bicyclic) bond motifs is 1. The summed E-state index contributed by atoms with van der Waals surface area (Å²) in [6, 6.07) is 3.86. The number of alkyl halides is 3. The van der Waals surface area contributed by atoms with Gasteiger partial charge in [-0.3, -0.25) is 4.98 Å². The van der Waals surface area contributed by atoms with Gasteiger partial charge in [0.1, 0.15) is 5.75 Å². The summed E-state index contributed by atoms with van der Waals surface area (Å²) in [4.78, 5) is 4.15. The highest BCUT2D eigenvalue weighted by atomic mass is 79.9. The number of rotatable bonds is 1. The molecule has 0 saturated carbocycles. The van der Waals surface area contributed by atoms with Crippen molar-refractivity contribution in [1.29, 1.82) is 0 Å². The number of halogens is 4. The van der Waals surface area contributed by atoms with Crippen molar-refractivity contribution in [3.05, 3.63) is 28.4 Å².